The van der Waals surface area contributed by atoms with Gasteiger partial charge in [-0.15, -0.1) is 0 Å². The van der Waals surface area contributed by atoms with E-state index in [1.54, 1.807) is 0 Å². The summed E-state index contributed by atoms with van der Waals surface area (Å²) in [6.45, 7) is 8.59. The lowest BCUT2D eigenvalue weighted by atomic mass is 10.1. The van der Waals surface area contributed by atoms with Gasteiger partial charge in [0.05, 0.1) is 12.7 Å². The summed E-state index contributed by atoms with van der Waals surface area (Å²) in [6, 6.07) is 0.691. The molecule has 2 unspecified atom stereocenters. The van der Waals surface area contributed by atoms with E-state index in [-0.39, 0.29) is 0 Å². The fourth-order valence-corrected chi connectivity index (χ4v) is 2.16. The third kappa shape index (κ3) is 3.56. The van der Waals surface area contributed by atoms with Crippen LogP contribution in [0.25, 0.3) is 0 Å². The van der Waals surface area contributed by atoms with Crippen LogP contribution in [0.4, 0.5) is 0 Å². The molecule has 84 valence electrons. The van der Waals surface area contributed by atoms with Crippen molar-refractivity contribution in [2.24, 2.45) is 0 Å². The first kappa shape index (κ1) is 12.0. The fraction of sp³-hybridized carbons (Fsp3) is 1.00. The average Bonchev–Trinajstić information content (AvgIpc) is 2.17. The van der Waals surface area contributed by atoms with Crippen LogP contribution in [0.1, 0.15) is 26.7 Å². The van der Waals surface area contributed by atoms with Crippen LogP contribution in [0, 0.1) is 0 Å². The molecule has 0 spiro atoms. The molecule has 1 aliphatic heterocycles. The van der Waals surface area contributed by atoms with E-state index < -0.39 is 0 Å². The van der Waals surface area contributed by atoms with Gasteiger partial charge in [-0.05, 0) is 20.4 Å². The molecule has 3 heteroatoms. The zero-order chi connectivity index (χ0) is 10.4. The number of nitrogens with zero attached hydrogens (tertiary/aromatic N) is 1. The summed E-state index contributed by atoms with van der Waals surface area (Å²) in [6.07, 6.45) is 2.95. The summed E-state index contributed by atoms with van der Waals surface area (Å²) in [7, 11) is 2.03. The minimum absolute atomic E-state index is 0.403. The summed E-state index contributed by atoms with van der Waals surface area (Å²) in [5, 5.41) is 3.28. The second-order valence-electron chi connectivity index (χ2n) is 4.18. The van der Waals surface area contributed by atoms with Gasteiger partial charge in [-0.1, -0.05) is 13.3 Å². The second kappa shape index (κ2) is 6.38. The van der Waals surface area contributed by atoms with Crippen LogP contribution in [-0.4, -0.2) is 50.3 Å². The number of morpholine rings is 1. The van der Waals surface area contributed by atoms with Gasteiger partial charge in [0.1, 0.15) is 0 Å². The smallest absolute Gasteiger partial charge is 0.0674 e. The summed E-state index contributed by atoms with van der Waals surface area (Å²) in [5.74, 6) is 0. The van der Waals surface area contributed by atoms with Crippen molar-refractivity contribution < 1.29 is 4.74 Å². The molecule has 0 aromatic heterocycles. The Kier molecular flexibility index (Phi) is 5.45. The Labute approximate surface area is 87.8 Å². The monoisotopic (exact) mass is 200 g/mol. The van der Waals surface area contributed by atoms with E-state index in [1.807, 2.05) is 7.05 Å². The van der Waals surface area contributed by atoms with E-state index in [1.165, 1.54) is 12.8 Å². The van der Waals surface area contributed by atoms with Crippen LogP contribution in [-0.2, 0) is 4.74 Å². The Hall–Kier alpha value is -0.120. The molecule has 1 fully saturated rings. The minimum Gasteiger partial charge on any atom is -0.376 e. The van der Waals surface area contributed by atoms with Gasteiger partial charge in [-0.25, -0.2) is 0 Å². The highest BCUT2D eigenvalue weighted by molar-refractivity contribution is 4.77. The van der Waals surface area contributed by atoms with Gasteiger partial charge in [0, 0.05) is 25.7 Å². The topological polar surface area (TPSA) is 24.5 Å². The highest BCUT2D eigenvalue weighted by Crippen LogP contribution is 2.12. The van der Waals surface area contributed by atoms with Crippen molar-refractivity contribution in [2.75, 3.05) is 33.3 Å². The van der Waals surface area contributed by atoms with Crippen LogP contribution in [0.2, 0.25) is 0 Å². The Morgan fingerprint density at radius 2 is 2.36 bits per heavy atom. The molecule has 1 heterocycles. The molecule has 1 N–H and O–H groups in total. The van der Waals surface area contributed by atoms with Gasteiger partial charge in [-0.3, -0.25) is 4.90 Å². The third-order valence-corrected chi connectivity index (χ3v) is 2.85. The first-order valence-electron chi connectivity index (χ1n) is 5.78. The van der Waals surface area contributed by atoms with Gasteiger partial charge in [-0.2, -0.15) is 0 Å². The molecule has 0 radical (unpaired) electrons. The first-order valence-corrected chi connectivity index (χ1v) is 5.78. The summed E-state index contributed by atoms with van der Waals surface area (Å²) in [5.41, 5.74) is 0. The van der Waals surface area contributed by atoms with Crippen molar-refractivity contribution >= 4 is 0 Å². The Morgan fingerprint density at radius 1 is 1.57 bits per heavy atom. The van der Waals surface area contributed by atoms with Crippen molar-refractivity contribution in [1.29, 1.82) is 0 Å². The van der Waals surface area contributed by atoms with Crippen LogP contribution in [0.15, 0.2) is 0 Å². The van der Waals surface area contributed by atoms with Crippen LogP contribution in [0.5, 0.6) is 0 Å². The molecule has 1 aliphatic rings. The van der Waals surface area contributed by atoms with Crippen LogP contribution < -0.4 is 5.32 Å². The number of nitrogens with one attached hydrogen (secondary N) is 1. The van der Waals surface area contributed by atoms with Crippen LogP contribution in [0.3, 0.4) is 0 Å². The first-order chi connectivity index (χ1) is 6.77. The standard InChI is InChI=1S/C11H24N2O/c1-4-5-11(8-12-3)13-6-7-14-10(2)9-13/h10-12H,4-9H2,1-3H3. The summed E-state index contributed by atoms with van der Waals surface area (Å²) in [4.78, 5) is 2.56. The largest absolute Gasteiger partial charge is 0.376 e. The Balaban J connectivity index is 2.39. The molecule has 0 saturated carbocycles. The average molecular weight is 200 g/mol. The molecular formula is C11H24N2O. The maximum atomic E-state index is 5.55. The lowest BCUT2D eigenvalue weighted by Crippen LogP contribution is -2.49. The Bertz CT molecular complexity index is 143. The fourth-order valence-electron chi connectivity index (χ4n) is 2.16. The number of likely N-dealkylation sites (N-methyl/N-ethyl adjacent to an activating group) is 1. The lowest BCUT2D eigenvalue weighted by Gasteiger charge is -2.37. The summed E-state index contributed by atoms with van der Waals surface area (Å²) >= 11 is 0. The zero-order valence-electron chi connectivity index (χ0n) is 9.75. The predicted octanol–water partition coefficient (Wildman–Crippen LogP) is 1.10. The SMILES string of the molecule is CCCC(CNC)N1CCOC(C)C1. The highest BCUT2D eigenvalue weighted by Gasteiger charge is 2.22. The van der Waals surface area contributed by atoms with Crippen LogP contribution >= 0.6 is 0 Å². The normalized spacial score (nSPS) is 26.4. The molecule has 0 aromatic carbocycles. The molecule has 1 rings (SSSR count). The number of ether oxygens (including phenoxy) is 1. The quantitative estimate of drug-likeness (QED) is 0.719. The number of hydrogen-bond acceptors (Lipinski definition) is 3. The maximum Gasteiger partial charge on any atom is 0.0674 e. The number of rotatable bonds is 5. The zero-order valence-corrected chi connectivity index (χ0v) is 9.75. The van der Waals surface area contributed by atoms with E-state index in [9.17, 15) is 0 Å². The van der Waals surface area contributed by atoms with E-state index in [4.69, 9.17) is 4.74 Å². The van der Waals surface area contributed by atoms with Crippen molar-refractivity contribution in [3.8, 4) is 0 Å². The lowest BCUT2D eigenvalue weighted by molar-refractivity contribution is -0.0348. The predicted molar refractivity (Wildman–Crippen MR) is 59.6 cm³/mol. The summed E-state index contributed by atoms with van der Waals surface area (Å²) < 4.78 is 5.55. The molecule has 0 amide bonds. The molecule has 0 aliphatic carbocycles. The van der Waals surface area contributed by atoms with Crippen molar-refractivity contribution in [1.82, 2.24) is 10.2 Å². The Morgan fingerprint density at radius 3 is 2.93 bits per heavy atom. The van der Waals surface area contributed by atoms with Crippen molar-refractivity contribution in [3.05, 3.63) is 0 Å². The van der Waals surface area contributed by atoms with Gasteiger partial charge >= 0.3 is 0 Å². The van der Waals surface area contributed by atoms with Gasteiger partial charge in [0.15, 0.2) is 0 Å². The molecule has 1 saturated heterocycles. The van der Waals surface area contributed by atoms with Crippen molar-refractivity contribution in [3.63, 3.8) is 0 Å². The molecule has 14 heavy (non-hydrogen) atoms. The second-order valence-corrected chi connectivity index (χ2v) is 4.18. The van der Waals surface area contributed by atoms with Gasteiger partial charge in [0.25, 0.3) is 0 Å². The molecule has 3 nitrogen and oxygen atoms in total. The minimum atomic E-state index is 0.403. The van der Waals surface area contributed by atoms with E-state index in [0.717, 1.165) is 26.2 Å². The third-order valence-electron chi connectivity index (χ3n) is 2.85. The van der Waals surface area contributed by atoms with Gasteiger partial charge in [0.2, 0.25) is 0 Å². The van der Waals surface area contributed by atoms with E-state index >= 15 is 0 Å². The van der Waals surface area contributed by atoms with E-state index in [2.05, 4.69) is 24.1 Å². The maximum absolute atomic E-state index is 5.55. The van der Waals surface area contributed by atoms with E-state index in [0.29, 0.717) is 12.1 Å². The highest BCUT2D eigenvalue weighted by atomic mass is 16.5. The number of hydrogen-bond donors (Lipinski definition) is 1. The molecule has 0 bridgehead atoms. The van der Waals surface area contributed by atoms with Gasteiger partial charge < -0.3 is 10.1 Å². The van der Waals surface area contributed by atoms with Crippen molar-refractivity contribution in [2.45, 2.75) is 38.8 Å². The molecule has 2 atom stereocenters. The molecule has 0 aromatic rings. The molecular weight excluding hydrogens is 176 g/mol.